The lowest BCUT2D eigenvalue weighted by Gasteiger charge is -2.18. The van der Waals surface area contributed by atoms with E-state index in [-0.39, 0.29) is 5.91 Å². The summed E-state index contributed by atoms with van der Waals surface area (Å²) in [5, 5.41) is 14.6. The van der Waals surface area contributed by atoms with Crippen molar-refractivity contribution in [2.75, 3.05) is 12.4 Å². The van der Waals surface area contributed by atoms with Crippen LogP contribution in [0.25, 0.3) is 0 Å². The molecule has 1 aliphatic heterocycles. The first kappa shape index (κ1) is 12.6. The number of carboxylic acid groups (broad SMARTS) is 1. The minimum atomic E-state index is -0.937. The van der Waals surface area contributed by atoms with E-state index in [9.17, 15) is 9.59 Å². The molecule has 0 saturated carbocycles. The summed E-state index contributed by atoms with van der Waals surface area (Å²) in [5.41, 5.74) is 1.62. The van der Waals surface area contributed by atoms with Crippen molar-refractivity contribution < 1.29 is 14.7 Å². The van der Waals surface area contributed by atoms with Gasteiger partial charge < -0.3 is 15.7 Å². The number of carbonyl (C=O) groups is 2. The summed E-state index contributed by atoms with van der Waals surface area (Å²) in [6.45, 7) is 3.65. The van der Waals surface area contributed by atoms with Crippen molar-refractivity contribution in [1.29, 1.82) is 0 Å². The largest absolute Gasteiger partial charge is 0.480 e. The maximum atomic E-state index is 11.8. The van der Waals surface area contributed by atoms with Gasteiger partial charge in [0.05, 0.1) is 5.41 Å². The van der Waals surface area contributed by atoms with Crippen LogP contribution in [0.15, 0.2) is 18.2 Å². The van der Waals surface area contributed by atoms with E-state index in [0.717, 1.165) is 11.3 Å². The summed E-state index contributed by atoms with van der Waals surface area (Å²) in [7, 11) is 1.60. The first-order valence-electron chi connectivity index (χ1n) is 5.74. The quantitative estimate of drug-likeness (QED) is 0.752. The molecule has 0 aliphatic carbocycles. The van der Waals surface area contributed by atoms with Crippen molar-refractivity contribution in [2.45, 2.75) is 25.3 Å². The third-order valence-corrected chi connectivity index (χ3v) is 3.40. The number of fused-ring (bicyclic) bond motifs is 1. The molecule has 5 heteroatoms. The zero-order valence-electron chi connectivity index (χ0n) is 10.6. The summed E-state index contributed by atoms with van der Waals surface area (Å²) in [6.07, 6.45) is 0. The Kier molecular flexibility index (Phi) is 2.86. The van der Waals surface area contributed by atoms with Crippen LogP contribution < -0.4 is 10.6 Å². The van der Waals surface area contributed by atoms with Gasteiger partial charge in [0.1, 0.15) is 6.04 Å². The van der Waals surface area contributed by atoms with Crippen molar-refractivity contribution in [3.05, 3.63) is 29.3 Å². The Hall–Kier alpha value is -1.88. The fourth-order valence-corrected chi connectivity index (χ4v) is 2.20. The molecule has 5 nitrogen and oxygen atoms in total. The number of carbonyl (C=O) groups excluding carboxylic acids is 1. The van der Waals surface area contributed by atoms with Gasteiger partial charge in [0.25, 0.3) is 0 Å². The van der Waals surface area contributed by atoms with E-state index >= 15 is 0 Å². The molecule has 1 atom stereocenters. The lowest BCUT2D eigenvalue weighted by atomic mass is 9.85. The molecule has 0 fully saturated rings. The average molecular weight is 248 g/mol. The van der Waals surface area contributed by atoms with Crippen LogP contribution in [0, 0.1) is 0 Å². The average Bonchev–Trinajstić information content (AvgIpc) is 2.51. The van der Waals surface area contributed by atoms with Crippen LogP contribution in [0.4, 0.5) is 5.69 Å². The number of anilines is 1. The number of carboxylic acids is 1. The molecule has 1 heterocycles. The molecule has 18 heavy (non-hydrogen) atoms. The molecule has 1 aromatic rings. The van der Waals surface area contributed by atoms with E-state index in [4.69, 9.17) is 5.11 Å². The zero-order valence-corrected chi connectivity index (χ0v) is 10.6. The SMILES string of the molecule is CNC(C(=O)O)c1ccc2c(c1)C(C)(C)C(=O)N2. The normalized spacial score (nSPS) is 18.1. The molecule has 1 amide bonds. The van der Waals surface area contributed by atoms with Gasteiger partial charge in [0, 0.05) is 5.69 Å². The highest BCUT2D eigenvalue weighted by Crippen LogP contribution is 2.38. The summed E-state index contributed by atoms with van der Waals surface area (Å²) < 4.78 is 0. The van der Waals surface area contributed by atoms with E-state index in [1.807, 2.05) is 13.8 Å². The minimum Gasteiger partial charge on any atom is -0.480 e. The molecule has 0 radical (unpaired) electrons. The third kappa shape index (κ3) is 1.76. The topological polar surface area (TPSA) is 78.4 Å². The van der Waals surface area contributed by atoms with Crippen molar-refractivity contribution in [1.82, 2.24) is 5.32 Å². The lowest BCUT2D eigenvalue weighted by molar-refractivity contribution is -0.139. The molecule has 0 saturated heterocycles. The number of hydrogen-bond acceptors (Lipinski definition) is 3. The molecule has 0 spiro atoms. The van der Waals surface area contributed by atoms with Gasteiger partial charge in [-0.05, 0) is 38.1 Å². The van der Waals surface area contributed by atoms with Gasteiger partial charge >= 0.3 is 5.97 Å². The molecule has 1 aromatic carbocycles. The number of likely N-dealkylation sites (N-methyl/N-ethyl adjacent to an activating group) is 1. The molecule has 1 aliphatic rings. The third-order valence-electron chi connectivity index (χ3n) is 3.40. The van der Waals surface area contributed by atoms with Gasteiger partial charge in [-0.1, -0.05) is 12.1 Å². The van der Waals surface area contributed by atoms with Crippen LogP contribution in [0.1, 0.15) is 31.0 Å². The van der Waals surface area contributed by atoms with Gasteiger partial charge in [0.15, 0.2) is 0 Å². The van der Waals surface area contributed by atoms with Crippen LogP contribution in [0.2, 0.25) is 0 Å². The van der Waals surface area contributed by atoms with Crippen molar-refractivity contribution in [3.63, 3.8) is 0 Å². The molecule has 1 unspecified atom stereocenters. The van der Waals surface area contributed by atoms with Gasteiger partial charge in [-0.15, -0.1) is 0 Å². The monoisotopic (exact) mass is 248 g/mol. The second kappa shape index (κ2) is 4.10. The minimum absolute atomic E-state index is 0.0639. The predicted molar refractivity (Wildman–Crippen MR) is 67.5 cm³/mol. The van der Waals surface area contributed by atoms with Crippen LogP contribution >= 0.6 is 0 Å². The number of nitrogens with one attached hydrogen (secondary N) is 2. The standard InChI is InChI=1S/C13H16N2O3/c1-13(2)8-6-7(10(14-3)11(16)17)4-5-9(8)15-12(13)18/h4-6,10,14H,1-3H3,(H,15,18)(H,16,17). The highest BCUT2D eigenvalue weighted by atomic mass is 16.4. The Morgan fingerprint density at radius 3 is 2.67 bits per heavy atom. The summed E-state index contributed by atoms with van der Waals surface area (Å²) in [4.78, 5) is 22.9. The maximum absolute atomic E-state index is 11.8. The van der Waals surface area contributed by atoms with Crippen LogP contribution in [-0.2, 0) is 15.0 Å². The highest BCUT2D eigenvalue weighted by Gasteiger charge is 2.38. The fourth-order valence-electron chi connectivity index (χ4n) is 2.20. The Labute approximate surface area is 105 Å². The molecule has 0 aromatic heterocycles. The first-order valence-corrected chi connectivity index (χ1v) is 5.74. The van der Waals surface area contributed by atoms with Crippen LogP contribution in [-0.4, -0.2) is 24.0 Å². The second-order valence-corrected chi connectivity index (χ2v) is 4.94. The number of benzene rings is 1. The Bertz CT molecular complexity index is 523. The maximum Gasteiger partial charge on any atom is 0.325 e. The molecule has 96 valence electrons. The van der Waals surface area contributed by atoms with E-state index in [0.29, 0.717) is 5.56 Å². The van der Waals surface area contributed by atoms with E-state index in [1.165, 1.54) is 0 Å². The van der Waals surface area contributed by atoms with Crippen LogP contribution in [0.3, 0.4) is 0 Å². The molecule has 0 bridgehead atoms. The lowest BCUT2D eigenvalue weighted by Crippen LogP contribution is -2.28. The predicted octanol–water partition coefficient (Wildman–Crippen LogP) is 1.26. The van der Waals surface area contributed by atoms with Crippen molar-refractivity contribution in [3.8, 4) is 0 Å². The number of amides is 1. The smallest absolute Gasteiger partial charge is 0.325 e. The molecular weight excluding hydrogens is 232 g/mol. The van der Waals surface area contributed by atoms with Crippen molar-refractivity contribution >= 4 is 17.6 Å². The summed E-state index contributed by atoms with van der Waals surface area (Å²) in [6, 6.07) is 4.49. The van der Waals surface area contributed by atoms with Gasteiger partial charge in [0.2, 0.25) is 5.91 Å². The molecule has 2 rings (SSSR count). The summed E-state index contributed by atoms with van der Waals surface area (Å²) in [5.74, 6) is -1.00. The highest BCUT2D eigenvalue weighted by molar-refractivity contribution is 6.05. The van der Waals surface area contributed by atoms with Crippen molar-refractivity contribution in [2.24, 2.45) is 0 Å². The van der Waals surface area contributed by atoms with Crippen LogP contribution in [0.5, 0.6) is 0 Å². The Balaban J connectivity index is 2.49. The van der Waals surface area contributed by atoms with E-state index in [2.05, 4.69) is 10.6 Å². The fraction of sp³-hybridized carbons (Fsp3) is 0.385. The van der Waals surface area contributed by atoms with E-state index < -0.39 is 17.4 Å². The molecular formula is C13H16N2O3. The van der Waals surface area contributed by atoms with Gasteiger partial charge in [-0.25, -0.2) is 0 Å². The number of hydrogen-bond donors (Lipinski definition) is 3. The summed E-state index contributed by atoms with van der Waals surface area (Å²) >= 11 is 0. The Morgan fingerprint density at radius 1 is 1.44 bits per heavy atom. The first-order chi connectivity index (χ1) is 8.37. The number of rotatable bonds is 3. The van der Waals surface area contributed by atoms with Gasteiger partial charge in [-0.2, -0.15) is 0 Å². The van der Waals surface area contributed by atoms with Gasteiger partial charge in [-0.3, -0.25) is 9.59 Å². The molecule has 3 N–H and O–H groups in total. The number of aliphatic carboxylic acids is 1. The second-order valence-electron chi connectivity index (χ2n) is 4.94. The van der Waals surface area contributed by atoms with E-state index in [1.54, 1.807) is 25.2 Å². The Morgan fingerprint density at radius 2 is 2.11 bits per heavy atom. The zero-order chi connectivity index (χ0) is 13.5.